The first-order chi connectivity index (χ1) is 14.3. The number of hydrogen-bond donors (Lipinski definition) is 1. The van der Waals surface area contributed by atoms with Crippen LogP contribution in [0.15, 0.2) is 49.1 Å². The predicted molar refractivity (Wildman–Crippen MR) is 108 cm³/mol. The topological polar surface area (TPSA) is 29.1 Å². The number of carbonyl (C=O) groups excluding carboxylic acids is 1. The molecule has 0 heterocycles. The number of nitrogens with one attached hydrogen (secondary N) is 1. The van der Waals surface area contributed by atoms with Gasteiger partial charge >= 0.3 is 12.1 Å². The minimum atomic E-state index is -5.91. The molecule has 2 aromatic carbocycles. The number of anilines is 1. The Balaban J connectivity index is 2.54. The number of aryl methyl sites for hydroxylation is 2. The molecule has 9 heteroatoms. The molecular formula is C22H20ClF6NO. The SMILES string of the molecule is C=CC(F)(F)C(F)(c1cc(C)c(NC(=O)c2ccc(CCl)cc2)c(CC)c1)C(F)(F)F. The van der Waals surface area contributed by atoms with Crippen LogP contribution in [0.2, 0.25) is 0 Å². The first-order valence-electron chi connectivity index (χ1n) is 9.19. The number of benzene rings is 2. The predicted octanol–water partition coefficient (Wildman–Crippen LogP) is 7.10. The largest absolute Gasteiger partial charge is 0.433 e. The van der Waals surface area contributed by atoms with Crippen LogP contribution in [0, 0.1) is 6.92 Å². The van der Waals surface area contributed by atoms with Crippen molar-refractivity contribution >= 4 is 23.2 Å². The molecule has 2 rings (SSSR count). The molecule has 1 N–H and O–H groups in total. The Morgan fingerprint density at radius 2 is 1.68 bits per heavy atom. The van der Waals surface area contributed by atoms with Crippen LogP contribution < -0.4 is 5.32 Å². The second-order valence-electron chi connectivity index (χ2n) is 6.95. The molecule has 0 aliphatic heterocycles. The Labute approximate surface area is 180 Å². The van der Waals surface area contributed by atoms with E-state index in [-0.39, 0.29) is 40.8 Å². The highest BCUT2D eigenvalue weighted by atomic mass is 35.5. The zero-order valence-corrected chi connectivity index (χ0v) is 17.5. The highest BCUT2D eigenvalue weighted by molar-refractivity contribution is 6.17. The van der Waals surface area contributed by atoms with Crippen molar-refractivity contribution in [3.8, 4) is 0 Å². The average molecular weight is 464 g/mol. The minimum absolute atomic E-state index is 0.00576. The van der Waals surface area contributed by atoms with Crippen LogP contribution in [0.4, 0.5) is 32.0 Å². The van der Waals surface area contributed by atoms with Crippen molar-refractivity contribution in [3.63, 3.8) is 0 Å². The van der Waals surface area contributed by atoms with E-state index in [0.717, 1.165) is 5.56 Å². The Morgan fingerprint density at radius 3 is 2.13 bits per heavy atom. The minimum Gasteiger partial charge on any atom is -0.321 e. The van der Waals surface area contributed by atoms with Crippen molar-refractivity contribution in [3.05, 3.63) is 76.9 Å². The summed E-state index contributed by atoms with van der Waals surface area (Å²) < 4.78 is 83.5. The summed E-state index contributed by atoms with van der Waals surface area (Å²) in [4.78, 5) is 12.5. The number of rotatable bonds is 7. The Morgan fingerprint density at radius 1 is 1.10 bits per heavy atom. The van der Waals surface area contributed by atoms with Crippen LogP contribution in [0.25, 0.3) is 0 Å². The van der Waals surface area contributed by atoms with Gasteiger partial charge in [0, 0.05) is 22.7 Å². The van der Waals surface area contributed by atoms with Crippen molar-refractivity contribution in [2.24, 2.45) is 0 Å². The maximum Gasteiger partial charge on any atom is 0.433 e. The van der Waals surface area contributed by atoms with E-state index in [1.165, 1.54) is 19.1 Å². The van der Waals surface area contributed by atoms with Gasteiger partial charge in [0.2, 0.25) is 0 Å². The van der Waals surface area contributed by atoms with Crippen LogP contribution >= 0.6 is 11.6 Å². The van der Waals surface area contributed by atoms with Crippen LogP contribution in [-0.2, 0) is 18.0 Å². The quantitative estimate of drug-likeness (QED) is 0.265. The maximum absolute atomic E-state index is 15.0. The standard InChI is InChI=1S/C22H20ClF6NO/c1-4-15-11-17(21(26,22(27,28)29)20(24,25)5-2)10-13(3)18(15)30-19(31)16-8-6-14(12-23)7-9-16/h5-11H,2,4,12H2,1,3H3,(H,30,31). The fraction of sp³-hybridized carbons (Fsp3) is 0.318. The van der Waals surface area contributed by atoms with Gasteiger partial charge in [-0.1, -0.05) is 31.7 Å². The van der Waals surface area contributed by atoms with Gasteiger partial charge in [0.1, 0.15) is 0 Å². The van der Waals surface area contributed by atoms with Gasteiger partial charge in [-0.05, 0) is 54.3 Å². The van der Waals surface area contributed by atoms with Crippen LogP contribution in [-0.4, -0.2) is 18.0 Å². The summed E-state index contributed by atoms with van der Waals surface area (Å²) >= 11 is 5.70. The summed E-state index contributed by atoms with van der Waals surface area (Å²) in [5.74, 6) is -5.22. The van der Waals surface area contributed by atoms with Gasteiger partial charge in [-0.15, -0.1) is 11.6 Å². The fourth-order valence-electron chi connectivity index (χ4n) is 3.13. The molecule has 0 aliphatic rings. The molecule has 2 nitrogen and oxygen atoms in total. The molecular weight excluding hydrogens is 444 g/mol. The van der Waals surface area contributed by atoms with E-state index in [1.54, 1.807) is 19.1 Å². The summed E-state index contributed by atoms with van der Waals surface area (Å²) in [5, 5.41) is 2.57. The van der Waals surface area contributed by atoms with Crippen LogP contribution in [0.3, 0.4) is 0 Å². The molecule has 0 saturated carbocycles. The molecule has 168 valence electrons. The lowest BCUT2D eigenvalue weighted by Crippen LogP contribution is -2.51. The van der Waals surface area contributed by atoms with E-state index in [4.69, 9.17) is 11.6 Å². The summed E-state index contributed by atoms with van der Waals surface area (Å²) in [6.45, 7) is 5.50. The number of alkyl halides is 7. The van der Waals surface area contributed by atoms with Crippen molar-refractivity contribution in [1.82, 2.24) is 0 Å². The molecule has 31 heavy (non-hydrogen) atoms. The molecule has 1 atom stereocenters. The van der Waals surface area contributed by atoms with Crippen molar-refractivity contribution in [2.75, 3.05) is 5.32 Å². The molecule has 0 aliphatic carbocycles. The lowest BCUT2D eigenvalue weighted by atomic mass is 9.85. The smallest absolute Gasteiger partial charge is 0.321 e. The van der Waals surface area contributed by atoms with Gasteiger partial charge in [-0.2, -0.15) is 22.0 Å². The summed E-state index contributed by atoms with van der Waals surface area (Å²) in [6, 6.07) is 7.67. The zero-order valence-electron chi connectivity index (χ0n) is 16.7. The van der Waals surface area contributed by atoms with E-state index < -0.39 is 29.2 Å². The maximum atomic E-state index is 15.0. The molecule has 0 radical (unpaired) electrons. The third-order valence-corrected chi connectivity index (χ3v) is 5.22. The van der Waals surface area contributed by atoms with Gasteiger partial charge in [0.05, 0.1) is 0 Å². The summed E-state index contributed by atoms with van der Waals surface area (Å²) in [5.41, 5.74) is -4.99. The molecule has 0 spiro atoms. The van der Waals surface area contributed by atoms with Crippen molar-refractivity contribution in [2.45, 2.75) is 43.9 Å². The normalized spacial score (nSPS) is 14.1. The molecule has 1 unspecified atom stereocenters. The zero-order chi connectivity index (χ0) is 23.6. The first kappa shape index (κ1) is 24.8. The Kier molecular flexibility index (Phi) is 7.15. The Hall–Kier alpha value is -2.48. The highest BCUT2D eigenvalue weighted by Gasteiger charge is 2.71. The van der Waals surface area contributed by atoms with Crippen LogP contribution in [0.1, 0.15) is 39.5 Å². The highest BCUT2D eigenvalue weighted by Crippen LogP contribution is 2.53. The molecule has 2 aromatic rings. The van der Waals surface area contributed by atoms with E-state index >= 15 is 0 Å². The van der Waals surface area contributed by atoms with Crippen LogP contribution in [0.5, 0.6) is 0 Å². The second kappa shape index (κ2) is 8.94. The number of amides is 1. The van der Waals surface area contributed by atoms with E-state index in [0.29, 0.717) is 12.1 Å². The molecule has 0 bridgehead atoms. The monoisotopic (exact) mass is 463 g/mol. The molecule has 0 aromatic heterocycles. The van der Waals surface area contributed by atoms with E-state index in [9.17, 15) is 31.1 Å². The van der Waals surface area contributed by atoms with Gasteiger partial charge in [0.25, 0.3) is 11.6 Å². The van der Waals surface area contributed by atoms with Gasteiger partial charge < -0.3 is 5.32 Å². The van der Waals surface area contributed by atoms with Crippen molar-refractivity contribution < 1.29 is 31.1 Å². The number of allylic oxidation sites excluding steroid dienone is 1. The average Bonchev–Trinajstić information content (AvgIpc) is 2.73. The number of hydrogen-bond acceptors (Lipinski definition) is 1. The van der Waals surface area contributed by atoms with E-state index in [1.807, 2.05) is 0 Å². The van der Waals surface area contributed by atoms with Gasteiger partial charge in [-0.3, -0.25) is 4.79 Å². The Bertz CT molecular complexity index is 971. The van der Waals surface area contributed by atoms with E-state index in [2.05, 4.69) is 11.9 Å². The fourth-order valence-corrected chi connectivity index (χ4v) is 3.31. The summed E-state index contributed by atoms with van der Waals surface area (Å²) in [6.07, 6.45) is -6.21. The third-order valence-electron chi connectivity index (χ3n) is 4.91. The summed E-state index contributed by atoms with van der Waals surface area (Å²) in [7, 11) is 0. The van der Waals surface area contributed by atoms with Crippen molar-refractivity contribution in [1.29, 1.82) is 0 Å². The molecule has 0 fully saturated rings. The molecule has 1 amide bonds. The lowest BCUT2D eigenvalue weighted by molar-refractivity contribution is -0.296. The molecule has 0 saturated heterocycles. The number of carbonyl (C=O) groups is 1. The lowest BCUT2D eigenvalue weighted by Gasteiger charge is -2.34. The van der Waals surface area contributed by atoms with Gasteiger partial charge in [0.15, 0.2) is 0 Å². The second-order valence-corrected chi connectivity index (χ2v) is 7.22. The first-order valence-corrected chi connectivity index (χ1v) is 9.73. The third kappa shape index (κ3) is 4.59. The number of halogens is 7. The van der Waals surface area contributed by atoms with Gasteiger partial charge in [-0.25, -0.2) is 4.39 Å².